The lowest BCUT2D eigenvalue weighted by atomic mass is 9.46. The number of nitrogens with zero attached hydrogens (tertiary/aromatic N) is 3. The summed E-state index contributed by atoms with van der Waals surface area (Å²) in [6.45, 7) is 10.7. The summed E-state index contributed by atoms with van der Waals surface area (Å²) in [5.74, 6) is -0.309. The molecule has 4 aliphatic rings. The van der Waals surface area contributed by atoms with Crippen molar-refractivity contribution in [3.05, 3.63) is 53.3 Å². The van der Waals surface area contributed by atoms with E-state index in [1.807, 2.05) is 32.0 Å². The third kappa shape index (κ3) is 6.41. The SMILES string of the molecule is C=C1CCC2[C@](C)(CC[C@@H](O)[C@@]2(C)CO)C1CC(NC(C)C(=O)NC1=NCC=N1)C1=C/C(=C\c2ccc(N(C)C)cc2O)OC1=O. The molecule has 5 rings (SSSR count). The van der Waals surface area contributed by atoms with Crippen LogP contribution in [0.2, 0.25) is 0 Å². The monoisotopic (exact) mass is 633 g/mol. The summed E-state index contributed by atoms with van der Waals surface area (Å²) in [5.41, 5.74) is 1.80. The molecule has 2 aliphatic heterocycles. The van der Waals surface area contributed by atoms with Crippen LogP contribution in [0.3, 0.4) is 0 Å². The molecule has 4 unspecified atom stereocenters. The molecule has 11 nitrogen and oxygen atoms in total. The summed E-state index contributed by atoms with van der Waals surface area (Å²) >= 11 is 0. The number of aliphatic hydroxyl groups excluding tert-OH is 2. The number of phenolic OH excluding ortho intramolecular Hbond substituents is 1. The number of cyclic esters (lactones) is 1. The summed E-state index contributed by atoms with van der Waals surface area (Å²) in [6, 6.07) is 3.96. The van der Waals surface area contributed by atoms with Crippen LogP contribution in [0.4, 0.5) is 5.69 Å². The molecule has 1 amide bonds. The van der Waals surface area contributed by atoms with Gasteiger partial charge < -0.3 is 25.0 Å². The summed E-state index contributed by atoms with van der Waals surface area (Å²) in [7, 11) is 3.76. The first-order valence-electron chi connectivity index (χ1n) is 16.0. The molecule has 7 atom stereocenters. The number of esters is 1. The Kier molecular flexibility index (Phi) is 9.58. The summed E-state index contributed by atoms with van der Waals surface area (Å²) < 4.78 is 5.69. The van der Waals surface area contributed by atoms with E-state index in [0.29, 0.717) is 30.5 Å². The maximum atomic E-state index is 13.5. The number of hydrogen-bond acceptors (Lipinski definition) is 10. The molecule has 1 aromatic rings. The first kappa shape index (κ1) is 33.6. The largest absolute Gasteiger partial charge is 0.507 e. The number of phenols is 1. The average Bonchev–Trinajstić information content (AvgIpc) is 3.66. The van der Waals surface area contributed by atoms with Crippen molar-refractivity contribution in [1.82, 2.24) is 10.6 Å². The normalized spacial score (nSPS) is 31.2. The number of benzene rings is 1. The topological polar surface area (TPSA) is 156 Å². The third-order valence-corrected chi connectivity index (χ3v) is 10.7. The first-order valence-corrected chi connectivity index (χ1v) is 16.0. The van der Waals surface area contributed by atoms with E-state index in [4.69, 9.17) is 4.74 Å². The van der Waals surface area contributed by atoms with E-state index in [0.717, 1.165) is 30.5 Å². The van der Waals surface area contributed by atoms with Crippen molar-refractivity contribution >= 4 is 35.8 Å². The van der Waals surface area contributed by atoms with Crippen molar-refractivity contribution in [1.29, 1.82) is 0 Å². The highest BCUT2D eigenvalue weighted by molar-refractivity contribution is 6.04. The highest BCUT2D eigenvalue weighted by atomic mass is 16.5. The predicted octanol–water partition coefficient (Wildman–Crippen LogP) is 3.32. The molecule has 0 aromatic heterocycles. The molecular formula is C35H47N5O6. The zero-order valence-corrected chi connectivity index (χ0v) is 27.4. The molecule has 46 heavy (non-hydrogen) atoms. The number of rotatable bonds is 9. The average molecular weight is 634 g/mol. The molecule has 2 fully saturated rings. The molecular weight excluding hydrogens is 586 g/mol. The molecule has 248 valence electrons. The first-order chi connectivity index (χ1) is 21.8. The van der Waals surface area contributed by atoms with Crippen molar-refractivity contribution in [3.8, 4) is 5.75 Å². The summed E-state index contributed by atoms with van der Waals surface area (Å²) in [5, 5.41) is 38.2. The Morgan fingerprint density at radius 1 is 1.28 bits per heavy atom. The lowest BCUT2D eigenvalue weighted by Gasteiger charge is -2.60. The van der Waals surface area contributed by atoms with Crippen LogP contribution in [-0.2, 0) is 14.3 Å². The minimum Gasteiger partial charge on any atom is -0.507 e. The minimum atomic E-state index is -0.718. The molecule has 2 aliphatic carbocycles. The molecule has 2 saturated carbocycles. The standard InChI is InChI=1S/C35H47N5O6/c1-20-7-10-29-34(3,12-11-30(43)35(29,4)19-41)26(20)18-27(38-21(2)31(44)39-33-36-13-14-37-33)25-17-24(46-32(25)45)15-22-8-9-23(40(5)6)16-28(22)42/h8-9,13,15-17,21,26-27,29-30,38,41-43H,1,7,10-12,14,18-19H2,2-6H3,(H,37,39,44)/b24-15+/t21?,26?,27?,29?,30-,34-,35+/m1/s1. The number of allylic oxidation sites excluding steroid dienone is 2. The van der Waals surface area contributed by atoms with E-state index in [-0.39, 0.29) is 47.2 Å². The van der Waals surface area contributed by atoms with Crippen molar-refractivity contribution < 1.29 is 29.6 Å². The van der Waals surface area contributed by atoms with Crippen molar-refractivity contribution in [2.75, 3.05) is 32.1 Å². The number of hydrogen-bond donors (Lipinski definition) is 5. The van der Waals surface area contributed by atoms with Gasteiger partial charge in [-0.3, -0.25) is 15.4 Å². The fraction of sp³-hybridized carbons (Fsp3) is 0.543. The van der Waals surface area contributed by atoms with Gasteiger partial charge in [0.15, 0.2) is 0 Å². The van der Waals surface area contributed by atoms with Gasteiger partial charge in [-0.2, -0.15) is 0 Å². The van der Waals surface area contributed by atoms with Crippen LogP contribution in [0.25, 0.3) is 6.08 Å². The number of amides is 1. The van der Waals surface area contributed by atoms with Crippen LogP contribution in [0.5, 0.6) is 5.75 Å². The second kappa shape index (κ2) is 13.1. The van der Waals surface area contributed by atoms with Gasteiger partial charge in [-0.15, -0.1) is 0 Å². The van der Waals surface area contributed by atoms with Crippen molar-refractivity contribution in [2.45, 2.75) is 71.1 Å². The fourth-order valence-electron chi connectivity index (χ4n) is 7.93. The van der Waals surface area contributed by atoms with Gasteiger partial charge >= 0.3 is 5.97 Å². The Morgan fingerprint density at radius 3 is 2.70 bits per heavy atom. The molecule has 11 heteroatoms. The highest BCUT2D eigenvalue weighted by Crippen LogP contribution is 2.62. The molecule has 5 N–H and O–H groups in total. The zero-order chi connectivity index (χ0) is 33.4. The summed E-state index contributed by atoms with van der Waals surface area (Å²) in [6.07, 6.45) is 7.61. The van der Waals surface area contributed by atoms with Crippen LogP contribution in [-0.4, -0.2) is 84.8 Å². The zero-order valence-electron chi connectivity index (χ0n) is 27.4. The number of nitrogens with one attached hydrogen (secondary N) is 2. The second-order valence-corrected chi connectivity index (χ2v) is 13.8. The van der Waals surface area contributed by atoms with Gasteiger partial charge in [0, 0.05) is 49.1 Å². The summed E-state index contributed by atoms with van der Waals surface area (Å²) in [4.78, 5) is 36.8. The molecule has 0 bridgehead atoms. The number of guanidine groups is 1. The predicted molar refractivity (Wildman–Crippen MR) is 178 cm³/mol. The third-order valence-electron chi connectivity index (χ3n) is 10.7. The van der Waals surface area contributed by atoms with Gasteiger partial charge in [0.25, 0.3) is 0 Å². The van der Waals surface area contributed by atoms with Gasteiger partial charge in [-0.1, -0.05) is 26.0 Å². The Hall–Kier alpha value is -3.80. The Morgan fingerprint density at radius 2 is 2.04 bits per heavy atom. The number of fused-ring (bicyclic) bond motifs is 1. The van der Waals surface area contributed by atoms with Crippen LogP contribution in [0, 0.1) is 22.7 Å². The van der Waals surface area contributed by atoms with E-state index >= 15 is 0 Å². The quantitative estimate of drug-likeness (QED) is 0.205. The van der Waals surface area contributed by atoms with Crippen LogP contribution >= 0.6 is 0 Å². The van der Waals surface area contributed by atoms with Gasteiger partial charge in [-0.05, 0) is 80.6 Å². The lowest BCUT2D eigenvalue weighted by molar-refractivity contribution is -0.153. The Balaban J connectivity index is 1.48. The molecule has 1 aromatic carbocycles. The van der Waals surface area contributed by atoms with E-state index in [1.54, 1.807) is 37.4 Å². The van der Waals surface area contributed by atoms with E-state index in [2.05, 4.69) is 34.1 Å². The smallest absolute Gasteiger partial charge is 0.341 e. The Bertz CT molecular complexity index is 1510. The molecule has 2 heterocycles. The van der Waals surface area contributed by atoms with E-state index in [9.17, 15) is 24.9 Å². The van der Waals surface area contributed by atoms with Gasteiger partial charge in [-0.25, -0.2) is 14.8 Å². The van der Waals surface area contributed by atoms with Gasteiger partial charge in [0.05, 0.1) is 30.9 Å². The van der Waals surface area contributed by atoms with Gasteiger partial charge in [0.2, 0.25) is 11.9 Å². The number of carbonyl (C=O) groups excluding carboxylic acids is 2. The van der Waals surface area contributed by atoms with Crippen molar-refractivity contribution in [2.24, 2.45) is 32.7 Å². The molecule has 0 radical (unpaired) electrons. The fourth-order valence-corrected chi connectivity index (χ4v) is 7.93. The number of ether oxygens (including phenoxy) is 1. The number of aliphatic imine (C=N–C) groups is 2. The molecule has 0 spiro atoms. The van der Waals surface area contributed by atoms with Crippen LogP contribution in [0.15, 0.2) is 57.7 Å². The Labute approximate surface area is 270 Å². The van der Waals surface area contributed by atoms with E-state index in [1.165, 1.54) is 0 Å². The van der Waals surface area contributed by atoms with E-state index < -0.39 is 29.6 Å². The second-order valence-electron chi connectivity index (χ2n) is 13.8. The van der Waals surface area contributed by atoms with Crippen LogP contribution < -0.4 is 15.5 Å². The maximum Gasteiger partial charge on any atom is 0.341 e. The number of carbonyl (C=O) groups is 2. The lowest BCUT2D eigenvalue weighted by Crippen LogP contribution is -2.58. The highest BCUT2D eigenvalue weighted by Gasteiger charge is 2.58. The van der Waals surface area contributed by atoms with Crippen molar-refractivity contribution in [3.63, 3.8) is 0 Å². The van der Waals surface area contributed by atoms with Crippen LogP contribution in [0.1, 0.15) is 58.4 Å². The van der Waals surface area contributed by atoms with Gasteiger partial charge in [0.1, 0.15) is 11.5 Å². The number of aliphatic hydroxyl groups is 2. The molecule has 0 saturated heterocycles. The maximum absolute atomic E-state index is 13.5. The number of aromatic hydroxyl groups is 1. The minimum absolute atomic E-state index is 0.0388. The number of anilines is 1.